The van der Waals surface area contributed by atoms with Crippen LogP contribution in [0.2, 0.25) is 0 Å². The van der Waals surface area contributed by atoms with Gasteiger partial charge in [0.2, 0.25) is 0 Å². The molecule has 46 heavy (non-hydrogen) atoms. The molecule has 0 radical (unpaired) electrons. The Morgan fingerprint density at radius 3 is 1.09 bits per heavy atom. The largest absolute Gasteiger partial charge is 0.484 e. The molecule has 0 heterocycles. The zero-order valence-electron chi connectivity index (χ0n) is 30.4. The highest BCUT2D eigenvalue weighted by molar-refractivity contribution is 7.46. The number of aryl methyl sites for hydroxylation is 2. The lowest BCUT2D eigenvalue weighted by Gasteiger charge is -2.43. The van der Waals surface area contributed by atoms with E-state index in [9.17, 15) is 24.4 Å². The van der Waals surface area contributed by atoms with Gasteiger partial charge in [-0.2, -0.15) is 0 Å². The van der Waals surface area contributed by atoms with E-state index in [0.717, 1.165) is 44.7 Å². The molecule has 5 N–H and O–H groups in total. The minimum absolute atomic E-state index is 0.223. The highest BCUT2D eigenvalue weighted by atomic mass is 31.2. The van der Waals surface area contributed by atoms with E-state index in [1.807, 2.05) is 0 Å². The molecule has 0 bridgehead atoms. The molecule has 2 aromatic carbocycles. The van der Waals surface area contributed by atoms with Gasteiger partial charge in [-0.3, -0.25) is 9.13 Å². The van der Waals surface area contributed by atoms with Crippen LogP contribution in [0.4, 0.5) is 0 Å². The molecule has 0 aliphatic rings. The van der Waals surface area contributed by atoms with Crippen LogP contribution < -0.4 is 4.74 Å². The maximum Gasteiger partial charge on any atom is 0.323 e. The molecular formula is C35H60O9P2. The van der Waals surface area contributed by atoms with Crippen molar-refractivity contribution >= 4 is 16.5 Å². The monoisotopic (exact) mass is 686 g/mol. The standard InChI is InChI=1S/C35H56O4.H4O5P2/c1-22-15-24(31(3,4)5)28(25(16-22)32(6,7)8)30(35(19-36,20-37)21-38)39-29-26(33(9,10)11)17-23(2)18-27(29)34(12,13)14;1-6(2)5-7(3)4/h15-18,30,36-38H,19-21H2,1-14H3;6-7H,(H,1,2)(H,3,4). The Morgan fingerprint density at radius 2 is 0.870 bits per heavy atom. The molecule has 3 atom stereocenters. The van der Waals surface area contributed by atoms with Crippen molar-refractivity contribution in [2.45, 2.75) is 125 Å². The average molecular weight is 687 g/mol. The maximum absolute atomic E-state index is 10.8. The summed E-state index contributed by atoms with van der Waals surface area (Å²) in [4.78, 5) is 15.4. The fourth-order valence-electron chi connectivity index (χ4n) is 5.42. The third-order valence-corrected chi connectivity index (χ3v) is 9.36. The summed E-state index contributed by atoms with van der Waals surface area (Å²) in [5.41, 5.74) is 5.33. The van der Waals surface area contributed by atoms with E-state index in [-0.39, 0.29) is 21.7 Å². The van der Waals surface area contributed by atoms with E-state index in [4.69, 9.17) is 14.5 Å². The maximum atomic E-state index is 10.8. The smallest absolute Gasteiger partial charge is 0.323 e. The number of rotatable bonds is 9. The van der Waals surface area contributed by atoms with Crippen molar-refractivity contribution in [3.05, 3.63) is 63.2 Å². The first-order valence-electron chi connectivity index (χ1n) is 15.6. The van der Waals surface area contributed by atoms with Gasteiger partial charge >= 0.3 is 16.5 Å². The lowest BCUT2D eigenvalue weighted by Crippen LogP contribution is -2.45. The van der Waals surface area contributed by atoms with Crippen molar-refractivity contribution in [2.24, 2.45) is 5.41 Å². The average Bonchev–Trinajstić information content (AvgIpc) is 2.86. The van der Waals surface area contributed by atoms with Crippen molar-refractivity contribution in [1.82, 2.24) is 0 Å². The number of aliphatic hydroxyl groups is 3. The molecule has 0 saturated heterocycles. The topological polar surface area (TPSA) is 154 Å². The van der Waals surface area contributed by atoms with E-state index in [1.54, 1.807) is 0 Å². The molecule has 0 aromatic heterocycles. The minimum Gasteiger partial charge on any atom is -0.484 e. The second kappa shape index (κ2) is 15.8. The Balaban J connectivity index is 0.00000135. The zero-order valence-corrected chi connectivity index (χ0v) is 32.4. The van der Waals surface area contributed by atoms with E-state index in [0.29, 0.717) is 0 Å². The van der Waals surface area contributed by atoms with Crippen LogP contribution in [0.5, 0.6) is 5.75 Å². The molecule has 2 rings (SSSR count). The van der Waals surface area contributed by atoms with Gasteiger partial charge in [-0.25, -0.2) is 4.31 Å². The summed E-state index contributed by atoms with van der Waals surface area (Å²) in [6, 6.07) is 8.76. The van der Waals surface area contributed by atoms with Gasteiger partial charge in [-0.15, -0.1) is 0 Å². The molecule has 9 nitrogen and oxygen atoms in total. The van der Waals surface area contributed by atoms with Crippen LogP contribution >= 0.6 is 16.5 Å². The van der Waals surface area contributed by atoms with Crippen LogP contribution in [-0.2, 0) is 35.1 Å². The Bertz CT molecular complexity index is 1280. The molecule has 11 heteroatoms. The van der Waals surface area contributed by atoms with E-state index in [2.05, 4.69) is 126 Å². The molecule has 264 valence electrons. The van der Waals surface area contributed by atoms with Crippen molar-refractivity contribution < 1.29 is 43.3 Å². The van der Waals surface area contributed by atoms with Crippen LogP contribution in [-0.4, -0.2) is 44.9 Å². The van der Waals surface area contributed by atoms with Crippen LogP contribution in [0, 0.1) is 19.3 Å². The number of hydrogen-bond acceptors (Lipinski definition) is 7. The summed E-state index contributed by atoms with van der Waals surface area (Å²) in [6.07, 6.45) is -0.800. The van der Waals surface area contributed by atoms with Crippen LogP contribution in [0.1, 0.15) is 128 Å². The van der Waals surface area contributed by atoms with Gasteiger partial charge in [-0.05, 0) is 46.6 Å². The quantitative estimate of drug-likeness (QED) is 0.171. The van der Waals surface area contributed by atoms with Crippen molar-refractivity contribution in [3.63, 3.8) is 0 Å². The van der Waals surface area contributed by atoms with Gasteiger partial charge in [0.15, 0.2) is 0 Å². The second-order valence-corrected chi connectivity index (χ2v) is 18.3. The predicted octanol–water partition coefficient (Wildman–Crippen LogP) is 7.34. The van der Waals surface area contributed by atoms with E-state index >= 15 is 0 Å². The molecular weight excluding hydrogens is 626 g/mol. The van der Waals surface area contributed by atoms with E-state index in [1.165, 1.54) is 0 Å². The SMILES string of the molecule is Cc1cc(C(C)(C)C)c(OC(c2c(C(C)(C)C)cc(C)cc2C(C)(C)C)C(CO)(CO)CO)c(C(C)(C)C)c1.O=[PH](O)O[PH](=O)O. The number of aliphatic hydroxyl groups excluding tert-OH is 3. The summed E-state index contributed by atoms with van der Waals surface area (Å²) in [5, 5.41) is 32.5. The van der Waals surface area contributed by atoms with Crippen LogP contribution in [0.15, 0.2) is 24.3 Å². The normalized spacial score (nSPS) is 15.1. The summed E-state index contributed by atoms with van der Waals surface area (Å²) in [7, 11) is -6.40. The minimum atomic E-state index is -3.20. The van der Waals surface area contributed by atoms with Gasteiger partial charge in [0.1, 0.15) is 11.9 Å². The third kappa shape index (κ3) is 11.0. The first kappa shape index (κ1) is 42.5. The third-order valence-electron chi connectivity index (χ3n) is 7.96. The fraction of sp³-hybridized carbons (Fsp3) is 0.657. The fourth-order valence-corrected chi connectivity index (χ4v) is 6.01. The van der Waals surface area contributed by atoms with Gasteiger partial charge in [-0.1, -0.05) is 118 Å². The van der Waals surface area contributed by atoms with Crippen molar-refractivity contribution in [1.29, 1.82) is 0 Å². The lowest BCUT2D eigenvalue weighted by molar-refractivity contribution is -0.0761. The Hall–Kier alpha value is -1.54. The Labute approximate surface area is 278 Å². The summed E-state index contributed by atoms with van der Waals surface area (Å²) < 4.78 is 29.6. The van der Waals surface area contributed by atoms with Crippen LogP contribution in [0.3, 0.4) is 0 Å². The summed E-state index contributed by atoms with van der Waals surface area (Å²) in [6.45, 7) is 29.1. The molecule has 0 fully saturated rings. The Kier molecular flexibility index (Phi) is 14.6. The number of ether oxygens (including phenoxy) is 1. The molecule has 0 amide bonds. The van der Waals surface area contributed by atoms with Gasteiger partial charge in [0.25, 0.3) is 0 Å². The van der Waals surface area contributed by atoms with Gasteiger partial charge < -0.3 is 29.8 Å². The number of hydrogen-bond donors (Lipinski definition) is 5. The first-order valence-corrected chi connectivity index (χ1v) is 18.1. The molecule has 0 spiro atoms. The molecule has 3 unspecified atom stereocenters. The predicted molar refractivity (Wildman–Crippen MR) is 188 cm³/mol. The highest BCUT2D eigenvalue weighted by Gasteiger charge is 2.46. The molecule has 0 aliphatic heterocycles. The van der Waals surface area contributed by atoms with Crippen molar-refractivity contribution in [3.8, 4) is 5.75 Å². The molecule has 2 aromatic rings. The molecule has 0 saturated carbocycles. The highest BCUT2D eigenvalue weighted by Crippen LogP contribution is 2.50. The Morgan fingerprint density at radius 1 is 0.587 bits per heavy atom. The second-order valence-electron chi connectivity index (χ2n) is 16.4. The summed E-state index contributed by atoms with van der Waals surface area (Å²) in [5.74, 6) is 0.769. The number of benzene rings is 2. The molecule has 0 aliphatic carbocycles. The zero-order chi connectivity index (χ0) is 36.2. The lowest BCUT2D eigenvalue weighted by atomic mass is 9.69. The first-order chi connectivity index (χ1) is 20.7. The van der Waals surface area contributed by atoms with E-state index < -0.39 is 47.8 Å². The van der Waals surface area contributed by atoms with Gasteiger partial charge in [0, 0.05) is 16.7 Å². The van der Waals surface area contributed by atoms with Gasteiger partial charge in [0.05, 0.1) is 25.2 Å². The summed E-state index contributed by atoms with van der Waals surface area (Å²) >= 11 is 0. The van der Waals surface area contributed by atoms with Crippen LogP contribution in [0.25, 0.3) is 0 Å². The van der Waals surface area contributed by atoms with Crippen molar-refractivity contribution in [2.75, 3.05) is 19.8 Å².